The highest BCUT2D eigenvalue weighted by Crippen LogP contribution is 2.16. The minimum Gasteiger partial charge on any atom is -0.494 e. The number of benzene rings is 1. The second-order valence-electron chi connectivity index (χ2n) is 6.19. The molecule has 134 valence electrons. The Morgan fingerprint density at radius 2 is 2.00 bits per heavy atom. The van der Waals surface area contributed by atoms with E-state index < -0.39 is 9.84 Å². The number of carbonyl (C=O) groups excluding carboxylic acids is 1. The zero-order valence-electron chi connectivity index (χ0n) is 14.3. The Labute approximate surface area is 144 Å². The summed E-state index contributed by atoms with van der Waals surface area (Å²) in [5.74, 6) is 0.853. The van der Waals surface area contributed by atoms with Gasteiger partial charge in [-0.3, -0.25) is 4.79 Å². The van der Waals surface area contributed by atoms with Gasteiger partial charge in [0.1, 0.15) is 5.75 Å². The molecule has 1 amide bonds. The Balaban J connectivity index is 1.67. The first-order valence-corrected chi connectivity index (χ1v) is 10.2. The van der Waals surface area contributed by atoms with Gasteiger partial charge >= 0.3 is 0 Å². The Morgan fingerprint density at radius 1 is 1.29 bits per heavy atom. The maximum absolute atomic E-state index is 12.2. The lowest BCUT2D eigenvalue weighted by Gasteiger charge is -2.34. The van der Waals surface area contributed by atoms with Crippen molar-refractivity contribution in [2.45, 2.75) is 37.1 Å². The van der Waals surface area contributed by atoms with Gasteiger partial charge < -0.3 is 15.0 Å². The maximum Gasteiger partial charge on any atom is 0.222 e. The monoisotopic (exact) mass is 354 g/mol. The summed E-state index contributed by atoms with van der Waals surface area (Å²) in [6.07, 6.45) is 3.30. The van der Waals surface area contributed by atoms with E-state index in [1.54, 1.807) is 24.3 Å². The third-order valence-corrected chi connectivity index (χ3v) is 5.26. The number of hydrogen-bond acceptors (Lipinski definition) is 5. The smallest absolute Gasteiger partial charge is 0.222 e. The summed E-state index contributed by atoms with van der Waals surface area (Å²) in [5.41, 5.74) is 0. The van der Waals surface area contributed by atoms with E-state index in [2.05, 4.69) is 12.2 Å². The van der Waals surface area contributed by atoms with Crippen LogP contribution in [0.25, 0.3) is 0 Å². The molecule has 1 aliphatic heterocycles. The average molecular weight is 354 g/mol. The molecule has 0 aliphatic carbocycles. The van der Waals surface area contributed by atoms with Gasteiger partial charge in [-0.25, -0.2) is 8.42 Å². The van der Waals surface area contributed by atoms with E-state index in [4.69, 9.17) is 4.74 Å². The van der Waals surface area contributed by atoms with Gasteiger partial charge in [0.15, 0.2) is 9.84 Å². The molecule has 0 spiro atoms. The molecule has 6 nitrogen and oxygen atoms in total. The summed E-state index contributed by atoms with van der Waals surface area (Å²) in [5, 5.41) is 3.28. The van der Waals surface area contributed by atoms with Crippen molar-refractivity contribution in [1.29, 1.82) is 0 Å². The minimum absolute atomic E-state index is 0.210. The molecule has 1 aromatic rings. The number of ether oxygens (including phenoxy) is 1. The molecular formula is C17H26N2O4S. The molecule has 1 unspecified atom stereocenters. The number of hydrogen-bond donors (Lipinski definition) is 1. The van der Waals surface area contributed by atoms with Crippen LogP contribution in [0, 0.1) is 0 Å². The third kappa shape index (κ3) is 5.49. The van der Waals surface area contributed by atoms with E-state index in [-0.39, 0.29) is 16.8 Å². The van der Waals surface area contributed by atoms with Crippen molar-refractivity contribution in [3.8, 4) is 5.75 Å². The first-order valence-electron chi connectivity index (χ1n) is 8.31. The maximum atomic E-state index is 12.2. The summed E-state index contributed by atoms with van der Waals surface area (Å²) in [6, 6.07) is 6.66. The van der Waals surface area contributed by atoms with E-state index in [1.807, 2.05) is 4.90 Å². The normalized spacial score (nSPS) is 18.4. The fourth-order valence-electron chi connectivity index (χ4n) is 2.71. The lowest BCUT2D eigenvalue weighted by Crippen LogP contribution is -2.52. The SMILES string of the molecule is CC1CNCCN1C(=O)CCCCOc1ccc(S(C)(=O)=O)cc1. The third-order valence-electron chi connectivity index (χ3n) is 4.13. The van der Waals surface area contributed by atoms with Crippen molar-refractivity contribution >= 4 is 15.7 Å². The molecule has 1 aliphatic rings. The number of nitrogens with one attached hydrogen (secondary N) is 1. The molecular weight excluding hydrogens is 328 g/mol. The second-order valence-corrected chi connectivity index (χ2v) is 8.21. The Morgan fingerprint density at radius 3 is 2.62 bits per heavy atom. The molecule has 1 aromatic carbocycles. The van der Waals surface area contributed by atoms with Crippen LogP contribution in [0.15, 0.2) is 29.2 Å². The van der Waals surface area contributed by atoms with Crippen molar-refractivity contribution < 1.29 is 17.9 Å². The molecule has 0 bridgehead atoms. The highest BCUT2D eigenvalue weighted by molar-refractivity contribution is 7.90. The molecule has 24 heavy (non-hydrogen) atoms. The number of amides is 1. The van der Waals surface area contributed by atoms with Crippen molar-refractivity contribution in [2.75, 3.05) is 32.5 Å². The van der Waals surface area contributed by atoms with Gasteiger partial charge in [-0.05, 0) is 44.0 Å². The van der Waals surface area contributed by atoms with Crippen LogP contribution in [0.3, 0.4) is 0 Å². The zero-order chi connectivity index (χ0) is 17.6. The van der Waals surface area contributed by atoms with Gasteiger partial charge in [0.05, 0.1) is 11.5 Å². The lowest BCUT2D eigenvalue weighted by molar-refractivity contribution is -0.134. The summed E-state index contributed by atoms with van der Waals surface area (Å²) >= 11 is 0. The van der Waals surface area contributed by atoms with Crippen LogP contribution in [0.4, 0.5) is 0 Å². The van der Waals surface area contributed by atoms with Gasteiger partial charge in [-0.15, -0.1) is 0 Å². The Kier molecular flexibility index (Phi) is 6.62. The quantitative estimate of drug-likeness (QED) is 0.750. The molecule has 1 N–H and O–H groups in total. The lowest BCUT2D eigenvalue weighted by atomic mass is 10.1. The highest BCUT2D eigenvalue weighted by Gasteiger charge is 2.22. The molecule has 0 saturated carbocycles. The van der Waals surface area contributed by atoms with E-state index >= 15 is 0 Å². The summed E-state index contributed by atoms with van der Waals surface area (Å²) in [4.78, 5) is 14.4. The highest BCUT2D eigenvalue weighted by atomic mass is 32.2. The fraction of sp³-hybridized carbons (Fsp3) is 0.588. The van der Waals surface area contributed by atoms with Crippen molar-refractivity contribution in [3.63, 3.8) is 0 Å². The van der Waals surface area contributed by atoms with E-state index in [1.165, 1.54) is 6.26 Å². The number of nitrogens with zero attached hydrogens (tertiary/aromatic N) is 1. The number of carbonyl (C=O) groups is 1. The minimum atomic E-state index is -3.18. The van der Waals surface area contributed by atoms with Gasteiger partial charge in [0.2, 0.25) is 5.91 Å². The molecule has 0 aromatic heterocycles. The van der Waals surface area contributed by atoms with Crippen LogP contribution in [-0.4, -0.2) is 57.8 Å². The number of piperazine rings is 1. The van der Waals surface area contributed by atoms with E-state index in [9.17, 15) is 13.2 Å². The fourth-order valence-corrected chi connectivity index (χ4v) is 3.34. The van der Waals surface area contributed by atoms with Crippen LogP contribution < -0.4 is 10.1 Å². The molecule has 2 rings (SSSR count). The molecule has 0 radical (unpaired) electrons. The van der Waals surface area contributed by atoms with Crippen molar-refractivity contribution in [3.05, 3.63) is 24.3 Å². The Bertz CT molecular complexity index is 643. The summed E-state index contributed by atoms with van der Waals surface area (Å²) in [6.45, 7) is 5.08. The first-order chi connectivity index (χ1) is 11.4. The largest absolute Gasteiger partial charge is 0.494 e. The van der Waals surface area contributed by atoms with Crippen LogP contribution >= 0.6 is 0 Å². The van der Waals surface area contributed by atoms with Crippen LogP contribution in [0.2, 0.25) is 0 Å². The molecule has 1 saturated heterocycles. The molecule has 1 atom stereocenters. The molecule has 7 heteroatoms. The number of rotatable bonds is 7. The first kappa shape index (κ1) is 18.7. The number of sulfone groups is 1. The van der Waals surface area contributed by atoms with Gasteiger partial charge in [-0.2, -0.15) is 0 Å². The average Bonchev–Trinajstić information content (AvgIpc) is 2.54. The summed E-state index contributed by atoms with van der Waals surface area (Å²) in [7, 11) is -3.18. The van der Waals surface area contributed by atoms with E-state index in [0.717, 1.165) is 32.5 Å². The summed E-state index contributed by atoms with van der Waals surface area (Å²) < 4.78 is 28.4. The van der Waals surface area contributed by atoms with Crippen LogP contribution in [0.1, 0.15) is 26.2 Å². The second kappa shape index (κ2) is 8.48. The van der Waals surface area contributed by atoms with Crippen molar-refractivity contribution in [2.24, 2.45) is 0 Å². The van der Waals surface area contributed by atoms with Crippen LogP contribution in [-0.2, 0) is 14.6 Å². The Hall–Kier alpha value is -1.60. The zero-order valence-corrected chi connectivity index (χ0v) is 15.1. The van der Waals surface area contributed by atoms with Crippen LogP contribution in [0.5, 0.6) is 5.75 Å². The predicted octanol–water partition coefficient (Wildman–Crippen LogP) is 1.46. The van der Waals surface area contributed by atoms with Gasteiger partial charge in [0.25, 0.3) is 0 Å². The topological polar surface area (TPSA) is 75.7 Å². The molecule has 1 heterocycles. The molecule has 1 fully saturated rings. The standard InChI is InChI=1S/C17H26N2O4S/c1-14-13-18-10-11-19(14)17(20)5-3-4-12-23-15-6-8-16(9-7-15)24(2,21)22/h6-9,14,18H,3-5,10-13H2,1-2H3. The van der Waals surface area contributed by atoms with Gasteiger partial charge in [0, 0.05) is 38.4 Å². The predicted molar refractivity (Wildman–Crippen MR) is 92.9 cm³/mol. The van der Waals surface area contributed by atoms with Gasteiger partial charge in [-0.1, -0.05) is 0 Å². The van der Waals surface area contributed by atoms with Crippen molar-refractivity contribution in [1.82, 2.24) is 10.2 Å². The number of unbranched alkanes of at least 4 members (excludes halogenated alkanes) is 1. The van der Waals surface area contributed by atoms with E-state index in [0.29, 0.717) is 18.8 Å².